The fraction of sp³-hybridized carbons (Fsp3) is 0.560. The standard InChI is InChI=1S/C25H36N4O2Si/c1-17(18-10-8-7-9-11-18)22-23-24(27-15-26-22)29(16-28-23)20-12-19(21(30)13-20)14-31-32(5,6)25(2,3)4/h7-11,15-17,19-21,30H,12-14H2,1-6H3/t17?,19-,20-,21+/m1/s1. The first-order chi connectivity index (χ1) is 15.1. The Balaban J connectivity index is 1.54. The van der Waals surface area contributed by atoms with Crippen molar-refractivity contribution in [2.45, 2.75) is 76.7 Å². The summed E-state index contributed by atoms with van der Waals surface area (Å²) >= 11 is 0. The van der Waals surface area contributed by atoms with Crippen molar-refractivity contribution in [3.8, 4) is 0 Å². The van der Waals surface area contributed by atoms with Crippen LogP contribution in [0.3, 0.4) is 0 Å². The van der Waals surface area contributed by atoms with Crippen molar-refractivity contribution in [2.24, 2.45) is 5.92 Å². The van der Waals surface area contributed by atoms with Gasteiger partial charge in [-0.25, -0.2) is 15.0 Å². The maximum Gasteiger partial charge on any atom is 0.191 e. The summed E-state index contributed by atoms with van der Waals surface area (Å²) in [5.41, 5.74) is 3.85. The minimum atomic E-state index is -1.84. The van der Waals surface area contributed by atoms with Gasteiger partial charge in [-0.15, -0.1) is 0 Å². The quantitative estimate of drug-likeness (QED) is 0.513. The number of hydrogen-bond donors (Lipinski definition) is 1. The molecule has 6 nitrogen and oxygen atoms in total. The van der Waals surface area contributed by atoms with Gasteiger partial charge in [0.15, 0.2) is 14.0 Å². The highest BCUT2D eigenvalue weighted by atomic mass is 28.4. The van der Waals surface area contributed by atoms with Crippen molar-refractivity contribution in [1.82, 2.24) is 19.5 Å². The van der Waals surface area contributed by atoms with E-state index >= 15 is 0 Å². The van der Waals surface area contributed by atoms with Crippen LogP contribution in [0.25, 0.3) is 11.2 Å². The molecule has 172 valence electrons. The lowest BCUT2D eigenvalue weighted by molar-refractivity contribution is 0.0936. The number of aliphatic hydroxyl groups excluding tert-OH is 1. The number of imidazole rings is 1. The normalized spacial score (nSPS) is 23.0. The molecule has 0 bridgehead atoms. The van der Waals surface area contributed by atoms with Crippen molar-refractivity contribution >= 4 is 19.5 Å². The maximum absolute atomic E-state index is 10.8. The molecule has 1 unspecified atom stereocenters. The van der Waals surface area contributed by atoms with E-state index in [0.29, 0.717) is 13.0 Å². The molecule has 3 aromatic rings. The van der Waals surface area contributed by atoms with E-state index in [4.69, 9.17) is 9.41 Å². The molecule has 1 aliphatic carbocycles. The van der Waals surface area contributed by atoms with E-state index in [-0.39, 0.29) is 29.0 Å². The first-order valence-electron chi connectivity index (χ1n) is 11.6. The van der Waals surface area contributed by atoms with Crippen LogP contribution in [0.1, 0.15) is 63.8 Å². The Bertz CT molecular complexity index is 1060. The largest absolute Gasteiger partial charge is 0.416 e. The fourth-order valence-corrected chi connectivity index (χ4v) is 5.43. The molecule has 0 saturated heterocycles. The second-order valence-corrected chi connectivity index (χ2v) is 15.5. The second kappa shape index (κ2) is 8.69. The molecule has 1 aromatic carbocycles. The van der Waals surface area contributed by atoms with Gasteiger partial charge in [0, 0.05) is 24.5 Å². The van der Waals surface area contributed by atoms with E-state index in [2.05, 4.69) is 79.6 Å². The summed E-state index contributed by atoms with van der Waals surface area (Å²) in [5, 5.41) is 11.0. The second-order valence-electron chi connectivity index (χ2n) is 10.7. The first-order valence-corrected chi connectivity index (χ1v) is 14.5. The van der Waals surface area contributed by atoms with Crippen LogP contribution < -0.4 is 0 Å². The lowest BCUT2D eigenvalue weighted by atomic mass is 9.97. The topological polar surface area (TPSA) is 73.1 Å². The van der Waals surface area contributed by atoms with Crippen molar-refractivity contribution in [3.63, 3.8) is 0 Å². The number of fused-ring (bicyclic) bond motifs is 1. The van der Waals surface area contributed by atoms with E-state index in [1.807, 2.05) is 12.4 Å². The summed E-state index contributed by atoms with van der Waals surface area (Å²) in [5.74, 6) is 0.265. The van der Waals surface area contributed by atoms with Gasteiger partial charge in [0.25, 0.3) is 0 Å². The highest BCUT2D eigenvalue weighted by Gasteiger charge is 2.40. The van der Waals surface area contributed by atoms with Gasteiger partial charge in [-0.2, -0.15) is 0 Å². The molecule has 1 fully saturated rings. The van der Waals surface area contributed by atoms with Crippen LogP contribution in [-0.4, -0.2) is 45.7 Å². The van der Waals surface area contributed by atoms with Gasteiger partial charge in [0.2, 0.25) is 0 Å². The van der Waals surface area contributed by atoms with Crippen LogP contribution in [0.5, 0.6) is 0 Å². The molecule has 2 aromatic heterocycles. The third kappa shape index (κ3) is 4.38. The Morgan fingerprint density at radius 3 is 2.53 bits per heavy atom. The molecule has 1 N–H and O–H groups in total. The van der Waals surface area contributed by atoms with Crippen molar-refractivity contribution < 1.29 is 9.53 Å². The Morgan fingerprint density at radius 2 is 1.84 bits per heavy atom. The molecule has 4 rings (SSSR count). The van der Waals surface area contributed by atoms with Crippen molar-refractivity contribution in [2.75, 3.05) is 6.61 Å². The smallest absolute Gasteiger partial charge is 0.191 e. The molecule has 0 amide bonds. The fourth-order valence-electron chi connectivity index (χ4n) is 4.37. The molecule has 0 spiro atoms. The molecule has 1 aliphatic rings. The summed E-state index contributed by atoms with van der Waals surface area (Å²) in [6.45, 7) is 14.0. The Hall–Kier alpha value is -2.09. The number of hydrogen-bond acceptors (Lipinski definition) is 5. The third-order valence-corrected chi connectivity index (χ3v) is 12.1. The number of aromatic nitrogens is 4. The van der Waals surface area contributed by atoms with Crippen LogP contribution in [0.2, 0.25) is 18.1 Å². The Labute approximate surface area is 192 Å². The molecule has 0 aliphatic heterocycles. The summed E-state index contributed by atoms with van der Waals surface area (Å²) in [7, 11) is -1.84. The van der Waals surface area contributed by atoms with Crippen LogP contribution in [0, 0.1) is 5.92 Å². The van der Waals surface area contributed by atoms with Gasteiger partial charge in [-0.1, -0.05) is 58.0 Å². The maximum atomic E-state index is 10.8. The number of nitrogens with zero attached hydrogens (tertiary/aromatic N) is 4. The van der Waals surface area contributed by atoms with Gasteiger partial charge < -0.3 is 14.1 Å². The van der Waals surface area contributed by atoms with Crippen LogP contribution >= 0.6 is 0 Å². The minimum absolute atomic E-state index is 0.130. The van der Waals surface area contributed by atoms with Gasteiger partial charge >= 0.3 is 0 Å². The predicted octanol–water partition coefficient (Wildman–Crippen LogP) is 5.31. The number of aliphatic hydroxyl groups is 1. The van der Waals surface area contributed by atoms with Crippen LogP contribution in [0.4, 0.5) is 0 Å². The molecule has 0 radical (unpaired) electrons. The monoisotopic (exact) mass is 452 g/mol. The molecule has 32 heavy (non-hydrogen) atoms. The van der Waals surface area contributed by atoms with E-state index < -0.39 is 8.32 Å². The molecule has 2 heterocycles. The summed E-state index contributed by atoms with van der Waals surface area (Å²) in [6.07, 6.45) is 4.71. The number of benzene rings is 1. The predicted molar refractivity (Wildman–Crippen MR) is 130 cm³/mol. The van der Waals surface area contributed by atoms with Crippen LogP contribution in [-0.2, 0) is 4.43 Å². The lowest BCUT2D eigenvalue weighted by Crippen LogP contribution is -2.42. The highest BCUT2D eigenvalue weighted by Crippen LogP contribution is 2.40. The first kappa shape index (κ1) is 23.1. The van der Waals surface area contributed by atoms with E-state index in [0.717, 1.165) is 23.3 Å². The van der Waals surface area contributed by atoms with E-state index in [1.165, 1.54) is 5.56 Å². The molecular formula is C25H36N4O2Si. The lowest BCUT2D eigenvalue weighted by Gasteiger charge is -2.37. The van der Waals surface area contributed by atoms with Crippen molar-refractivity contribution in [3.05, 3.63) is 54.2 Å². The summed E-state index contributed by atoms with van der Waals surface area (Å²) < 4.78 is 8.56. The molecule has 4 atom stereocenters. The SMILES string of the molecule is CC(c1ccccc1)c1ncnc2c1ncn2[C@@H]1C[C@H](CO[Si](C)(C)C(C)(C)C)[C@@H](O)C1. The third-order valence-electron chi connectivity index (χ3n) is 7.59. The summed E-state index contributed by atoms with van der Waals surface area (Å²) in [6, 6.07) is 10.5. The van der Waals surface area contributed by atoms with Crippen molar-refractivity contribution in [1.29, 1.82) is 0 Å². The van der Waals surface area contributed by atoms with Crippen LogP contribution in [0.15, 0.2) is 43.0 Å². The zero-order chi connectivity index (χ0) is 23.1. The average molecular weight is 453 g/mol. The number of rotatable bonds is 6. The minimum Gasteiger partial charge on any atom is -0.416 e. The Morgan fingerprint density at radius 1 is 1.12 bits per heavy atom. The molecule has 7 heteroatoms. The van der Waals surface area contributed by atoms with Gasteiger partial charge in [-0.05, 0) is 36.5 Å². The van der Waals surface area contributed by atoms with E-state index in [1.54, 1.807) is 6.33 Å². The highest BCUT2D eigenvalue weighted by molar-refractivity contribution is 6.74. The van der Waals surface area contributed by atoms with Gasteiger partial charge in [-0.3, -0.25) is 0 Å². The zero-order valence-corrected chi connectivity index (χ0v) is 21.1. The van der Waals surface area contributed by atoms with Gasteiger partial charge in [0.1, 0.15) is 11.8 Å². The summed E-state index contributed by atoms with van der Waals surface area (Å²) in [4.78, 5) is 13.9. The molecule has 1 saturated carbocycles. The zero-order valence-electron chi connectivity index (χ0n) is 20.1. The Kier molecular flexibility index (Phi) is 6.27. The average Bonchev–Trinajstić information content (AvgIpc) is 3.34. The molecular weight excluding hydrogens is 416 g/mol. The van der Waals surface area contributed by atoms with E-state index in [9.17, 15) is 5.11 Å². The van der Waals surface area contributed by atoms with Gasteiger partial charge in [0.05, 0.1) is 18.1 Å².